The summed E-state index contributed by atoms with van der Waals surface area (Å²) in [6.07, 6.45) is -13.5. The van der Waals surface area contributed by atoms with Crippen LogP contribution in [-0.4, -0.2) is 188 Å². The molecule has 0 aromatic heterocycles. The van der Waals surface area contributed by atoms with Crippen LogP contribution in [-0.2, 0) is 9.47 Å². The molecule has 10 atom stereocenters. The highest BCUT2D eigenvalue weighted by molar-refractivity contribution is 7.80. The molecule has 16 N–H and O–H groups in total. The highest BCUT2D eigenvalue weighted by atomic mass is 32.1. The van der Waals surface area contributed by atoms with E-state index in [2.05, 4.69) is 31.9 Å². The predicted molar refractivity (Wildman–Crippen MR) is 169 cm³/mol. The molecule has 0 bridgehead atoms. The largest absolute Gasteiger partial charge is 0.394 e. The summed E-state index contributed by atoms with van der Waals surface area (Å²) < 4.78 is 10.8. The van der Waals surface area contributed by atoms with E-state index >= 15 is 0 Å². The number of rotatable bonds is 15. The molecule has 0 saturated carbocycles. The van der Waals surface area contributed by atoms with E-state index in [9.17, 15) is 40.9 Å². The zero-order valence-electron chi connectivity index (χ0n) is 24.0. The second kappa shape index (κ2) is 20.0. The lowest BCUT2D eigenvalue weighted by atomic mass is 9.98. The van der Waals surface area contributed by atoms with Crippen LogP contribution < -0.4 is 37.6 Å². The fourth-order valence-electron chi connectivity index (χ4n) is 4.37. The van der Waals surface area contributed by atoms with Gasteiger partial charge in [0.2, 0.25) is 0 Å². The number of thiocarbonyl (C=S) groups is 3. The lowest BCUT2D eigenvalue weighted by Gasteiger charge is -2.40. The zero-order valence-corrected chi connectivity index (χ0v) is 26.4. The first kappa shape index (κ1) is 38.8. The Morgan fingerprint density at radius 3 is 1.30 bits per heavy atom. The maximum atomic E-state index is 10.2. The summed E-state index contributed by atoms with van der Waals surface area (Å²) in [4.78, 5) is 2.05. The number of nitrogens with two attached hydrogens (primary N) is 1. The lowest BCUT2D eigenvalue weighted by Crippen LogP contribution is -2.64. The number of ether oxygens (including phenoxy) is 2. The molecule has 0 aromatic rings. The summed E-state index contributed by atoms with van der Waals surface area (Å²) in [5.41, 5.74) is 5.48. The van der Waals surface area contributed by atoms with Crippen LogP contribution in [0.5, 0.6) is 0 Å². The van der Waals surface area contributed by atoms with Crippen molar-refractivity contribution in [2.75, 3.05) is 65.6 Å². The monoisotopic (exact) mass is 690 g/mol. The number of nitrogens with zero attached hydrogens (tertiary/aromatic N) is 1. The van der Waals surface area contributed by atoms with E-state index in [0.717, 1.165) is 0 Å². The van der Waals surface area contributed by atoms with Crippen LogP contribution in [0.2, 0.25) is 0 Å². The molecule has 0 aliphatic carbocycles. The van der Waals surface area contributed by atoms with Crippen molar-refractivity contribution in [2.24, 2.45) is 5.73 Å². The fourth-order valence-corrected chi connectivity index (χ4v) is 5.01. The van der Waals surface area contributed by atoms with Gasteiger partial charge in [0, 0.05) is 52.4 Å². The van der Waals surface area contributed by atoms with E-state index in [1.165, 1.54) is 0 Å². The van der Waals surface area contributed by atoms with Crippen molar-refractivity contribution in [1.82, 2.24) is 36.8 Å². The molecule has 2 heterocycles. The molecule has 2 fully saturated rings. The molecule has 2 rings (SSSR count). The standard InChI is InChI=1S/C23H46N8O10S3/c24-1-2-25-21(42)26-3-6-31(7-4-27-22(43)29-19-17(38)15(36)13(34)11(9-32)40-19)8-5-28-23(44)30-20-18(39)16(37)14(35)12(10-33)41-20/h11-20,32-39H,1-10,24H2,(H2,25,26,42)(H2,27,29,43)(H2,28,30,44)/t11-,12-,13-,14-,15+,16+,17+,18+,19+,20+/m1/s1. The van der Waals surface area contributed by atoms with Gasteiger partial charge in [0.1, 0.15) is 48.8 Å². The summed E-state index contributed by atoms with van der Waals surface area (Å²) in [7, 11) is 0. The van der Waals surface area contributed by atoms with Crippen LogP contribution in [0.4, 0.5) is 0 Å². The minimum absolute atomic E-state index is 0.114. The maximum absolute atomic E-state index is 10.2. The molecule has 0 aromatic carbocycles. The fraction of sp³-hybridized carbons (Fsp3) is 0.870. The van der Waals surface area contributed by atoms with E-state index in [1.807, 2.05) is 4.90 Å². The van der Waals surface area contributed by atoms with Gasteiger partial charge in [0.15, 0.2) is 27.8 Å². The number of aliphatic hydroxyl groups is 8. The van der Waals surface area contributed by atoms with Crippen LogP contribution in [0.25, 0.3) is 0 Å². The van der Waals surface area contributed by atoms with Crippen molar-refractivity contribution in [1.29, 1.82) is 0 Å². The molecule has 2 aliphatic heterocycles. The van der Waals surface area contributed by atoms with E-state index in [0.29, 0.717) is 57.5 Å². The van der Waals surface area contributed by atoms with Crippen LogP contribution in [0.15, 0.2) is 0 Å². The zero-order chi connectivity index (χ0) is 32.8. The Hall–Kier alpha value is -1.41. The van der Waals surface area contributed by atoms with E-state index in [4.69, 9.17) is 51.9 Å². The Bertz CT molecular complexity index is 845. The van der Waals surface area contributed by atoms with Gasteiger partial charge in [0.05, 0.1) is 13.2 Å². The molecule has 44 heavy (non-hydrogen) atoms. The average molecular weight is 691 g/mol. The Labute approximate surface area is 271 Å². The van der Waals surface area contributed by atoms with Crippen molar-refractivity contribution in [2.45, 2.75) is 61.3 Å². The SMILES string of the molecule is NCCNC(=S)NCCN(CCNC(=S)N[C@H]1O[C@H](CO)[C@@H](O)[C@H](O)[C@@H]1O)CCNC(=S)N[C@H]1O[C@H](CO)[C@@H](O)[C@H](O)[C@@H]1O. The van der Waals surface area contributed by atoms with Gasteiger partial charge >= 0.3 is 0 Å². The average Bonchev–Trinajstić information content (AvgIpc) is 3.00. The smallest absolute Gasteiger partial charge is 0.168 e. The van der Waals surface area contributed by atoms with E-state index in [-0.39, 0.29) is 10.2 Å². The summed E-state index contributed by atoms with van der Waals surface area (Å²) in [5.74, 6) is 0. The summed E-state index contributed by atoms with van der Waals surface area (Å²) >= 11 is 15.8. The van der Waals surface area contributed by atoms with Crippen LogP contribution in [0.1, 0.15) is 0 Å². The van der Waals surface area contributed by atoms with Gasteiger partial charge in [-0.3, -0.25) is 4.90 Å². The minimum atomic E-state index is -1.54. The Morgan fingerprint density at radius 2 is 0.932 bits per heavy atom. The quantitative estimate of drug-likeness (QED) is 0.0710. The van der Waals surface area contributed by atoms with Gasteiger partial charge in [-0.15, -0.1) is 0 Å². The minimum Gasteiger partial charge on any atom is -0.394 e. The van der Waals surface area contributed by atoms with E-state index < -0.39 is 74.5 Å². The van der Waals surface area contributed by atoms with Gasteiger partial charge in [-0.05, 0) is 36.7 Å². The number of aliphatic hydroxyl groups excluding tert-OH is 8. The molecule has 2 saturated heterocycles. The van der Waals surface area contributed by atoms with Crippen LogP contribution in [0, 0.1) is 0 Å². The summed E-state index contributed by atoms with van der Waals surface area (Å²) in [6, 6.07) is 0. The first-order chi connectivity index (χ1) is 20.9. The Balaban J connectivity index is 1.85. The highest BCUT2D eigenvalue weighted by Gasteiger charge is 2.44. The number of nitrogens with one attached hydrogen (secondary N) is 6. The van der Waals surface area contributed by atoms with Crippen molar-refractivity contribution >= 4 is 52.0 Å². The molecule has 0 radical (unpaired) electrons. The molecule has 21 heteroatoms. The first-order valence-electron chi connectivity index (χ1n) is 14.1. The molecule has 256 valence electrons. The molecule has 2 aliphatic rings. The first-order valence-corrected chi connectivity index (χ1v) is 15.3. The topological polar surface area (TPSA) is 282 Å². The van der Waals surface area contributed by atoms with Gasteiger partial charge in [-0.2, -0.15) is 0 Å². The molecule has 0 spiro atoms. The Kier molecular flexibility index (Phi) is 17.6. The summed E-state index contributed by atoms with van der Waals surface area (Å²) in [6.45, 7) is 2.55. The normalized spacial score (nSPS) is 32.0. The second-order valence-corrected chi connectivity index (χ2v) is 11.3. The third-order valence-electron chi connectivity index (χ3n) is 6.90. The molecule has 0 amide bonds. The number of hydrogen-bond donors (Lipinski definition) is 15. The van der Waals surface area contributed by atoms with Crippen molar-refractivity contribution < 1.29 is 50.3 Å². The Morgan fingerprint density at radius 1 is 0.568 bits per heavy atom. The molecular formula is C23H46N8O10S3. The van der Waals surface area contributed by atoms with Gasteiger partial charge in [0.25, 0.3) is 0 Å². The van der Waals surface area contributed by atoms with E-state index in [1.54, 1.807) is 0 Å². The third-order valence-corrected chi connectivity index (χ3v) is 7.71. The second-order valence-electron chi connectivity index (χ2n) is 10.1. The highest BCUT2D eigenvalue weighted by Crippen LogP contribution is 2.20. The van der Waals surface area contributed by atoms with Crippen LogP contribution >= 0.6 is 36.7 Å². The maximum Gasteiger partial charge on any atom is 0.168 e. The van der Waals surface area contributed by atoms with Crippen molar-refractivity contribution in [3.8, 4) is 0 Å². The van der Waals surface area contributed by atoms with Gasteiger partial charge in [-0.25, -0.2) is 0 Å². The van der Waals surface area contributed by atoms with Gasteiger partial charge in [-0.1, -0.05) is 0 Å². The lowest BCUT2D eigenvalue weighted by molar-refractivity contribution is -0.232. The van der Waals surface area contributed by atoms with Gasteiger partial charge < -0.3 is 88.0 Å². The van der Waals surface area contributed by atoms with Crippen LogP contribution in [0.3, 0.4) is 0 Å². The number of hydrogen-bond acceptors (Lipinski definition) is 15. The van der Waals surface area contributed by atoms with Crippen molar-refractivity contribution in [3.05, 3.63) is 0 Å². The van der Waals surface area contributed by atoms with Crippen molar-refractivity contribution in [3.63, 3.8) is 0 Å². The molecule has 0 unspecified atom stereocenters. The summed E-state index contributed by atoms with van der Waals surface area (Å²) in [5, 5.41) is 97.1. The molecule has 18 nitrogen and oxygen atoms in total. The third kappa shape index (κ3) is 12.1. The molecular weight excluding hydrogens is 645 g/mol. The predicted octanol–water partition coefficient (Wildman–Crippen LogP) is -7.76.